The number of likely N-dealkylation sites (tertiary alicyclic amines) is 1. The molecule has 8 nitrogen and oxygen atoms in total. The number of H-pyrrole nitrogens is 1. The topological polar surface area (TPSA) is 111 Å². The molecule has 1 fully saturated rings. The molecule has 0 spiro atoms. The van der Waals surface area contributed by atoms with Crippen molar-refractivity contribution >= 4 is 49.2 Å². The zero-order valence-corrected chi connectivity index (χ0v) is 23.4. The van der Waals surface area contributed by atoms with E-state index in [-0.39, 0.29) is 22.8 Å². The number of piperidine rings is 1. The maximum Gasteiger partial charge on any atom is 0.270 e. The molecule has 1 aliphatic heterocycles. The summed E-state index contributed by atoms with van der Waals surface area (Å²) in [6, 6.07) is 26.9. The number of carbonyl (C=O) groups is 2. The summed E-state index contributed by atoms with van der Waals surface area (Å²) in [7, 11) is -3.87. The molecular formula is C32H30N4O4S. The second-order valence-electron chi connectivity index (χ2n) is 10.4. The van der Waals surface area contributed by atoms with Crippen LogP contribution in [0, 0.1) is 6.92 Å². The molecule has 0 bridgehead atoms. The predicted molar refractivity (Wildman–Crippen MR) is 161 cm³/mol. The molecule has 6 rings (SSSR count). The minimum Gasteiger partial charge on any atom is -0.351 e. The number of carbonyl (C=O) groups excluding carboxylic acids is 2. The van der Waals surface area contributed by atoms with E-state index in [0.717, 1.165) is 16.5 Å². The molecule has 0 radical (unpaired) electrons. The number of sulfonamides is 1. The first kappa shape index (κ1) is 26.7. The van der Waals surface area contributed by atoms with E-state index < -0.39 is 10.0 Å². The van der Waals surface area contributed by atoms with Crippen LogP contribution in [0.1, 0.15) is 39.3 Å². The molecule has 1 aromatic heterocycles. The van der Waals surface area contributed by atoms with Gasteiger partial charge in [-0.15, -0.1) is 0 Å². The van der Waals surface area contributed by atoms with Crippen molar-refractivity contribution in [3.05, 3.63) is 108 Å². The summed E-state index contributed by atoms with van der Waals surface area (Å²) in [5.41, 5.74) is 3.39. The second-order valence-corrected chi connectivity index (χ2v) is 12.1. The molecule has 41 heavy (non-hydrogen) atoms. The number of hydrogen-bond acceptors (Lipinski definition) is 4. The van der Waals surface area contributed by atoms with Gasteiger partial charge in [-0.2, -0.15) is 0 Å². The minimum absolute atomic E-state index is 0.0863. The third-order valence-electron chi connectivity index (χ3n) is 7.67. The van der Waals surface area contributed by atoms with Crippen molar-refractivity contribution in [2.24, 2.45) is 0 Å². The van der Waals surface area contributed by atoms with E-state index in [4.69, 9.17) is 0 Å². The van der Waals surface area contributed by atoms with Gasteiger partial charge in [-0.05, 0) is 55.7 Å². The highest BCUT2D eigenvalue weighted by Crippen LogP contribution is 2.30. The van der Waals surface area contributed by atoms with E-state index in [1.165, 1.54) is 0 Å². The summed E-state index contributed by atoms with van der Waals surface area (Å²) >= 11 is 0. The molecule has 1 aliphatic rings. The Balaban J connectivity index is 1.16. The molecule has 3 N–H and O–H groups in total. The van der Waals surface area contributed by atoms with Gasteiger partial charge in [-0.25, -0.2) is 13.1 Å². The first-order valence-corrected chi connectivity index (χ1v) is 15.1. The largest absolute Gasteiger partial charge is 0.351 e. The average Bonchev–Trinajstić information content (AvgIpc) is 3.41. The number of aromatic amines is 1. The Labute approximate surface area is 238 Å². The monoisotopic (exact) mass is 566 g/mol. The summed E-state index contributed by atoms with van der Waals surface area (Å²) in [6.07, 6.45) is 1.02. The molecule has 0 aliphatic carbocycles. The normalized spacial score (nSPS) is 14.4. The Morgan fingerprint density at radius 1 is 0.854 bits per heavy atom. The first-order chi connectivity index (χ1) is 19.8. The lowest BCUT2D eigenvalue weighted by Gasteiger charge is -2.32. The van der Waals surface area contributed by atoms with Gasteiger partial charge in [0, 0.05) is 52.1 Å². The molecule has 208 valence electrons. The number of amides is 2. The summed E-state index contributed by atoms with van der Waals surface area (Å²) in [4.78, 5) is 31.1. The number of aryl methyl sites for hydroxylation is 1. The molecular weight excluding hydrogens is 536 g/mol. The summed E-state index contributed by atoms with van der Waals surface area (Å²) in [5.74, 6) is -0.340. The number of anilines is 1. The quantitative estimate of drug-likeness (QED) is 0.253. The van der Waals surface area contributed by atoms with Crippen LogP contribution >= 0.6 is 0 Å². The third-order valence-corrected chi connectivity index (χ3v) is 9.25. The van der Waals surface area contributed by atoms with Gasteiger partial charge in [0.05, 0.1) is 4.90 Å². The van der Waals surface area contributed by atoms with Crippen LogP contribution < -0.4 is 10.0 Å². The van der Waals surface area contributed by atoms with Crippen LogP contribution in [0.4, 0.5) is 5.69 Å². The summed E-state index contributed by atoms with van der Waals surface area (Å²) < 4.78 is 30.0. The van der Waals surface area contributed by atoms with E-state index in [1.54, 1.807) is 47.4 Å². The van der Waals surface area contributed by atoms with Crippen LogP contribution in [0.25, 0.3) is 21.7 Å². The van der Waals surface area contributed by atoms with Crippen molar-refractivity contribution in [1.29, 1.82) is 0 Å². The van der Waals surface area contributed by atoms with Gasteiger partial charge in [-0.1, -0.05) is 60.7 Å². The third kappa shape index (κ3) is 5.33. The number of fused-ring (bicyclic) bond motifs is 2. The number of hydrogen-bond donors (Lipinski definition) is 3. The molecule has 4 aromatic carbocycles. The van der Waals surface area contributed by atoms with Gasteiger partial charge in [0.25, 0.3) is 11.8 Å². The molecule has 9 heteroatoms. The number of aromatic nitrogens is 1. The van der Waals surface area contributed by atoms with Crippen molar-refractivity contribution in [3.8, 4) is 0 Å². The number of para-hydroxylation sites is 1. The molecule has 0 unspecified atom stereocenters. The molecule has 0 atom stereocenters. The maximum absolute atomic E-state index is 13.6. The smallest absolute Gasteiger partial charge is 0.270 e. The van der Waals surface area contributed by atoms with E-state index in [2.05, 4.69) is 15.0 Å². The standard InChI is InChI=1S/C32H30N4O4S/c1-21-8-2-4-10-24(21)31(37)34-28-14-6-12-26-25(28)11-7-15-30(26)41(39,40)35-23-16-18-36(19-17-23)32(38)29-20-22-9-3-5-13-27(22)33-29/h2-15,20,23,33,35H,16-19H2,1H3,(H,34,37). The minimum atomic E-state index is -3.87. The van der Waals surface area contributed by atoms with E-state index in [9.17, 15) is 18.0 Å². The zero-order chi connectivity index (χ0) is 28.6. The van der Waals surface area contributed by atoms with Crippen LogP contribution in [0.3, 0.4) is 0 Å². The van der Waals surface area contributed by atoms with Crippen molar-refractivity contribution in [2.75, 3.05) is 18.4 Å². The van der Waals surface area contributed by atoms with Gasteiger partial charge >= 0.3 is 0 Å². The van der Waals surface area contributed by atoms with Gasteiger partial charge in [0.15, 0.2) is 0 Å². The Morgan fingerprint density at radius 3 is 2.34 bits per heavy atom. The predicted octanol–water partition coefficient (Wildman–Crippen LogP) is 5.46. The molecule has 5 aromatic rings. The van der Waals surface area contributed by atoms with E-state index in [1.807, 2.05) is 55.5 Å². The fourth-order valence-electron chi connectivity index (χ4n) is 5.48. The molecule has 2 amide bonds. The van der Waals surface area contributed by atoms with Crippen LogP contribution in [0.2, 0.25) is 0 Å². The van der Waals surface area contributed by atoms with Crippen LogP contribution in [-0.2, 0) is 10.0 Å². The Bertz CT molecular complexity index is 1860. The highest BCUT2D eigenvalue weighted by Gasteiger charge is 2.29. The van der Waals surface area contributed by atoms with E-state index >= 15 is 0 Å². The number of benzene rings is 4. The lowest BCUT2D eigenvalue weighted by atomic mass is 10.1. The zero-order valence-electron chi connectivity index (χ0n) is 22.6. The SMILES string of the molecule is Cc1ccccc1C(=O)Nc1cccc2c(S(=O)(=O)NC3CCN(C(=O)c4cc5ccccc5[nH]4)CC3)cccc12. The lowest BCUT2D eigenvalue weighted by Crippen LogP contribution is -2.46. The summed E-state index contributed by atoms with van der Waals surface area (Å²) in [6.45, 7) is 2.77. The van der Waals surface area contributed by atoms with Gasteiger partial charge in [0.2, 0.25) is 10.0 Å². The van der Waals surface area contributed by atoms with Crippen molar-refractivity contribution < 1.29 is 18.0 Å². The highest BCUT2D eigenvalue weighted by molar-refractivity contribution is 7.89. The fourth-order valence-corrected chi connectivity index (χ4v) is 7.01. The van der Waals surface area contributed by atoms with Crippen LogP contribution in [0.5, 0.6) is 0 Å². The van der Waals surface area contributed by atoms with Crippen molar-refractivity contribution in [1.82, 2.24) is 14.6 Å². The van der Waals surface area contributed by atoms with Gasteiger partial charge in [0.1, 0.15) is 5.69 Å². The Kier molecular flexibility index (Phi) is 7.07. The number of rotatable bonds is 6. The Hall–Kier alpha value is -4.47. The van der Waals surface area contributed by atoms with Gasteiger partial charge in [-0.3, -0.25) is 9.59 Å². The van der Waals surface area contributed by atoms with Crippen LogP contribution in [-0.4, -0.2) is 49.2 Å². The lowest BCUT2D eigenvalue weighted by molar-refractivity contribution is 0.0706. The Morgan fingerprint density at radius 2 is 1.56 bits per heavy atom. The summed E-state index contributed by atoms with van der Waals surface area (Å²) in [5, 5.41) is 5.08. The highest BCUT2D eigenvalue weighted by atomic mass is 32.2. The molecule has 1 saturated heterocycles. The second kappa shape index (κ2) is 10.8. The number of nitrogens with zero attached hydrogens (tertiary/aromatic N) is 1. The number of nitrogens with one attached hydrogen (secondary N) is 3. The first-order valence-electron chi connectivity index (χ1n) is 13.6. The molecule has 2 heterocycles. The fraction of sp³-hybridized carbons (Fsp3) is 0.188. The van der Waals surface area contributed by atoms with Gasteiger partial charge < -0.3 is 15.2 Å². The maximum atomic E-state index is 13.6. The van der Waals surface area contributed by atoms with Crippen molar-refractivity contribution in [3.63, 3.8) is 0 Å². The van der Waals surface area contributed by atoms with E-state index in [0.29, 0.717) is 53.6 Å². The van der Waals surface area contributed by atoms with Crippen molar-refractivity contribution in [2.45, 2.75) is 30.7 Å². The molecule has 0 saturated carbocycles. The average molecular weight is 567 g/mol. The van der Waals surface area contributed by atoms with Crippen LogP contribution in [0.15, 0.2) is 95.9 Å².